The molecule has 156 valence electrons. The Hall–Kier alpha value is -2.51. The number of benzene rings is 1. The van der Waals surface area contributed by atoms with Crippen LogP contribution in [0.5, 0.6) is 0 Å². The van der Waals surface area contributed by atoms with Crippen LogP contribution in [0, 0.1) is 6.92 Å². The minimum atomic E-state index is 0.0559. The summed E-state index contributed by atoms with van der Waals surface area (Å²) in [5.74, 6) is 0.141. The zero-order valence-electron chi connectivity index (χ0n) is 17.0. The van der Waals surface area contributed by atoms with Crippen LogP contribution in [0.15, 0.2) is 47.2 Å². The minimum absolute atomic E-state index is 0.0559. The van der Waals surface area contributed by atoms with Crippen LogP contribution in [0.3, 0.4) is 0 Å². The van der Waals surface area contributed by atoms with Crippen molar-refractivity contribution in [1.82, 2.24) is 15.2 Å². The van der Waals surface area contributed by atoms with E-state index in [1.54, 1.807) is 11.3 Å². The molecular weight excluding hydrogens is 414 g/mol. The highest BCUT2D eigenvalue weighted by molar-refractivity contribution is 7.17. The molecular formula is C23H25N3O2S2. The van der Waals surface area contributed by atoms with Crippen LogP contribution in [0.2, 0.25) is 0 Å². The number of thiophene rings is 1. The molecule has 0 aliphatic carbocycles. The van der Waals surface area contributed by atoms with E-state index < -0.39 is 0 Å². The number of rotatable bonds is 6. The zero-order chi connectivity index (χ0) is 20.9. The van der Waals surface area contributed by atoms with Crippen LogP contribution in [-0.4, -0.2) is 40.8 Å². The fourth-order valence-electron chi connectivity index (χ4n) is 3.68. The van der Waals surface area contributed by atoms with E-state index >= 15 is 0 Å². The van der Waals surface area contributed by atoms with Crippen molar-refractivity contribution in [2.75, 3.05) is 13.1 Å². The van der Waals surface area contributed by atoms with Gasteiger partial charge in [0.25, 0.3) is 5.91 Å². The number of amides is 2. The van der Waals surface area contributed by atoms with E-state index in [1.165, 1.54) is 16.9 Å². The number of aromatic nitrogens is 1. The maximum Gasteiger partial charge on any atom is 0.265 e. The Balaban J connectivity index is 1.27. The van der Waals surface area contributed by atoms with Crippen LogP contribution in [0.25, 0.3) is 10.6 Å². The number of nitrogens with zero attached hydrogens (tertiary/aromatic N) is 2. The molecule has 0 spiro atoms. The van der Waals surface area contributed by atoms with Gasteiger partial charge in [-0.15, -0.1) is 11.3 Å². The number of hydrogen-bond donors (Lipinski definition) is 1. The van der Waals surface area contributed by atoms with Gasteiger partial charge in [-0.3, -0.25) is 9.59 Å². The summed E-state index contributed by atoms with van der Waals surface area (Å²) in [5.41, 5.74) is 3.04. The van der Waals surface area contributed by atoms with Crippen LogP contribution in [0.1, 0.15) is 40.2 Å². The van der Waals surface area contributed by atoms with Crippen LogP contribution < -0.4 is 5.32 Å². The van der Waals surface area contributed by atoms with E-state index in [0.717, 1.165) is 40.4 Å². The fourth-order valence-corrected chi connectivity index (χ4v) is 5.42. The molecule has 0 bridgehead atoms. The van der Waals surface area contributed by atoms with Gasteiger partial charge in [0, 0.05) is 36.5 Å². The molecule has 1 aromatic carbocycles. The molecule has 1 aliphatic rings. The third-order valence-electron chi connectivity index (χ3n) is 5.39. The summed E-state index contributed by atoms with van der Waals surface area (Å²) >= 11 is 3.10. The van der Waals surface area contributed by atoms with Crippen molar-refractivity contribution in [3.05, 3.63) is 63.3 Å². The second kappa shape index (κ2) is 9.53. The first kappa shape index (κ1) is 20.8. The van der Waals surface area contributed by atoms with Gasteiger partial charge in [-0.2, -0.15) is 11.3 Å². The van der Waals surface area contributed by atoms with Crippen molar-refractivity contribution in [3.63, 3.8) is 0 Å². The van der Waals surface area contributed by atoms with Crippen LogP contribution >= 0.6 is 22.7 Å². The smallest absolute Gasteiger partial charge is 0.265 e. The normalized spacial score (nSPS) is 14.6. The largest absolute Gasteiger partial charge is 0.353 e. The van der Waals surface area contributed by atoms with E-state index in [2.05, 4.69) is 15.7 Å². The first-order valence-corrected chi connectivity index (χ1v) is 12.0. The zero-order valence-corrected chi connectivity index (χ0v) is 18.6. The van der Waals surface area contributed by atoms with Gasteiger partial charge in [0.15, 0.2) is 0 Å². The predicted octanol–water partition coefficient (Wildman–Crippen LogP) is 4.53. The fraction of sp³-hybridized carbons (Fsp3) is 0.348. The molecule has 3 aromatic rings. The molecule has 1 saturated heterocycles. The van der Waals surface area contributed by atoms with Gasteiger partial charge in [0.2, 0.25) is 5.91 Å². The van der Waals surface area contributed by atoms with Crippen molar-refractivity contribution in [2.24, 2.45) is 0 Å². The summed E-state index contributed by atoms with van der Waals surface area (Å²) in [6.07, 6.45) is 2.83. The Morgan fingerprint density at radius 1 is 1.17 bits per heavy atom. The number of piperidine rings is 1. The van der Waals surface area contributed by atoms with Crippen LogP contribution in [-0.2, 0) is 11.2 Å². The highest BCUT2D eigenvalue weighted by atomic mass is 32.1. The Morgan fingerprint density at radius 3 is 2.63 bits per heavy atom. The van der Waals surface area contributed by atoms with Crippen molar-refractivity contribution in [1.29, 1.82) is 0 Å². The summed E-state index contributed by atoms with van der Waals surface area (Å²) < 4.78 is 0. The SMILES string of the molecule is Cc1nc(-c2ccsc2)sc1C(=O)N1CCC(NC(=O)CCc2ccccc2)CC1. The standard InChI is InChI=1S/C23H25N3O2S2/c1-16-21(30-22(24-16)18-11-14-29-15-18)23(28)26-12-9-19(10-13-26)25-20(27)8-7-17-5-3-2-4-6-17/h2-6,11,14-15,19H,7-10,12-13H2,1H3,(H,25,27). The molecule has 0 unspecified atom stereocenters. The summed E-state index contributed by atoms with van der Waals surface area (Å²) in [4.78, 5) is 32.5. The second-order valence-electron chi connectivity index (χ2n) is 7.57. The number of carbonyl (C=O) groups is 2. The maximum atomic E-state index is 13.0. The van der Waals surface area contributed by atoms with Gasteiger partial charge in [0.1, 0.15) is 9.88 Å². The average Bonchev–Trinajstić information content (AvgIpc) is 3.43. The number of carbonyl (C=O) groups excluding carboxylic acids is 2. The maximum absolute atomic E-state index is 13.0. The molecule has 0 radical (unpaired) electrons. The lowest BCUT2D eigenvalue weighted by molar-refractivity contribution is -0.122. The van der Waals surface area contributed by atoms with E-state index in [1.807, 2.05) is 53.6 Å². The average molecular weight is 440 g/mol. The van der Waals surface area contributed by atoms with Gasteiger partial charge in [-0.05, 0) is 43.2 Å². The van der Waals surface area contributed by atoms with Crippen LogP contribution in [0.4, 0.5) is 0 Å². The monoisotopic (exact) mass is 439 g/mol. The molecule has 0 saturated carbocycles. The molecule has 3 heterocycles. The molecule has 2 aromatic heterocycles. The van der Waals surface area contributed by atoms with Crippen molar-refractivity contribution < 1.29 is 9.59 Å². The van der Waals surface area contributed by atoms with Gasteiger partial charge in [-0.25, -0.2) is 4.98 Å². The molecule has 1 fully saturated rings. The Labute approximate surface area is 184 Å². The van der Waals surface area contributed by atoms with Crippen molar-refractivity contribution in [3.8, 4) is 10.6 Å². The van der Waals surface area contributed by atoms with Gasteiger partial charge >= 0.3 is 0 Å². The van der Waals surface area contributed by atoms with Gasteiger partial charge in [-0.1, -0.05) is 30.3 Å². The summed E-state index contributed by atoms with van der Waals surface area (Å²) in [5, 5.41) is 8.11. The molecule has 5 nitrogen and oxygen atoms in total. The predicted molar refractivity (Wildman–Crippen MR) is 122 cm³/mol. The molecule has 2 amide bonds. The van der Waals surface area contributed by atoms with E-state index in [4.69, 9.17) is 0 Å². The summed E-state index contributed by atoms with van der Waals surface area (Å²) in [6.45, 7) is 3.22. The Morgan fingerprint density at radius 2 is 1.93 bits per heavy atom. The number of thiazole rings is 1. The highest BCUT2D eigenvalue weighted by Gasteiger charge is 2.27. The lowest BCUT2D eigenvalue weighted by atomic mass is 10.0. The second-order valence-corrected chi connectivity index (χ2v) is 9.34. The lowest BCUT2D eigenvalue weighted by Crippen LogP contribution is -2.46. The summed E-state index contributed by atoms with van der Waals surface area (Å²) in [6, 6.07) is 12.2. The topological polar surface area (TPSA) is 62.3 Å². The van der Waals surface area contributed by atoms with Gasteiger partial charge in [0.05, 0.1) is 5.69 Å². The Kier molecular flexibility index (Phi) is 6.59. The lowest BCUT2D eigenvalue weighted by Gasteiger charge is -2.32. The van der Waals surface area contributed by atoms with E-state index in [-0.39, 0.29) is 17.9 Å². The summed E-state index contributed by atoms with van der Waals surface area (Å²) in [7, 11) is 0. The first-order chi connectivity index (χ1) is 14.6. The molecule has 1 aliphatic heterocycles. The Bertz CT molecular complexity index is 991. The number of hydrogen-bond acceptors (Lipinski definition) is 5. The quantitative estimate of drug-likeness (QED) is 0.614. The number of likely N-dealkylation sites (tertiary alicyclic amines) is 1. The van der Waals surface area contributed by atoms with E-state index in [9.17, 15) is 9.59 Å². The molecule has 30 heavy (non-hydrogen) atoms. The number of aryl methyl sites for hydroxylation is 2. The molecule has 7 heteroatoms. The van der Waals surface area contributed by atoms with Crippen molar-refractivity contribution in [2.45, 2.75) is 38.6 Å². The molecule has 1 N–H and O–H groups in total. The van der Waals surface area contributed by atoms with Crippen molar-refractivity contribution >= 4 is 34.5 Å². The first-order valence-electron chi connectivity index (χ1n) is 10.2. The highest BCUT2D eigenvalue weighted by Crippen LogP contribution is 2.30. The molecule has 4 rings (SSSR count). The van der Waals surface area contributed by atoms with E-state index in [0.29, 0.717) is 19.5 Å². The number of nitrogens with one attached hydrogen (secondary N) is 1. The third-order valence-corrected chi connectivity index (χ3v) is 7.27. The van der Waals surface area contributed by atoms with Gasteiger partial charge < -0.3 is 10.2 Å². The molecule has 0 atom stereocenters. The third kappa shape index (κ3) is 4.96. The minimum Gasteiger partial charge on any atom is -0.353 e.